The van der Waals surface area contributed by atoms with Crippen LogP contribution in [0.2, 0.25) is 0 Å². The molecule has 0 aliphatic heterocycles. The molecule has 0 saturated heterocycles. The van der Waals surface area contributed by atoms with E-state index in [4.69, 9.17) is 17.2 Å². The van der Waals surface area contributed by atoms with Crippen LogP contribution in [0.15, 0.2) is 12.5 Å². The SMILES string of the molecule is CSCCC(N)C(=O)NC(CCCCN)C(=O)NC(CCCCN)C(=O)NC(Cc1cnc[nH]1)C(=O)O. The van der Waals surface area contributed by atoms with Crippen molar-refractivity contribution in [3.63, 3.8) is 0 Å². The van der Waals surface area contributed by atoms with Gasteiger partial charge in [-0.15, -0.1) is 0 Å². The highest BCUT2D eigenvalue weighted by molar-refractivity contribution is 7.98. The number of aromatic nitrogens is 2. The van der Waals surface area contributed by atoms with Crippen LogP contribution >= 0.6 is 11.8 Å². The minimum Gasteiger partial charge on any atom is -0.480 e. The number of H-pyrrole nitrogens is 1. The number of nitrogens with one attached hydrogen (secondary N) is 4. The third kappa shape index (κ3) is 12.9. The number of carboxylic acid groups (broad SMARTS) is 1. The van der Waals surface area contributed by atoms with E-state index >= 15 is 0 Å². The number of thioether (sulfide) groups is 1. The summed E-state index contributed by atoms with van der Waals surface area (Å²) in [6.07, 6.45) is 8.23. The quantitative estimate of drug-likeness (QED) is 0.0919. The van der Waals surface area contributed by atoms with Gasteiger partial charge in [-0.2, -0.15) is 11.8 Å². The number of carboxylic acids is 1. The highest BCUT2D eigenvalue weighted by Gasteiger charge is 2.30. The lowest BCUT2D eigenvalue weighted by Gasteiger charge is -2.25. The fourth-order valence-electron chi connectivity index (χ4n) is 3.54. The molecule has 0 radical (unpaired) electrons. The van der Waals surface area contributed by atoms with Gasteiger partial charge in [0.15, 0.2) is 0 Å². The Balaban J connectivity index is 2.96. The van der Waals surface area contributed by atoms with E-state index in [-0.39, 0.29) is 12.8 Å². The second-order valence-electron chi connectivity index (χ2n) is 8.76. The number of aromatic amines is 1. The van der Waals surface area contributed by atoms with Crippen LogP contribution in [-0.4, -0.2) is 88.0 Å². The zero-order valence-electron chi connectivity index (χ0n) is 21.4. The van der Waals surface area contributed by atoms with Gasteiger partial charge >= 0.3 is 5.97 Å². The van der Waals surface area contributed by atoms with Crippen LogP contribution in [0.5, 0.6) is 0 Å². The third-order valence-electron chi connectivity index (χ3n) is 5.72. The summed E-state index contributed by atoms with van der Waals surface area (Å²) in [4.78, 5) is 57.3. The van der Waals surface area contributed by atoms with Crippen LogP contribution in [-0.2, 0) is 25.6 Å². The van der Waals surface area contributed by atoms with E-state index < -0.39 is 47.9 Å². The van der Waals surface area contributed by atoms with Crippen molar-refractivity contribution in [1.29, 1.82) is 0 Å². The highest BCUT2D eigenvalue weighted by atomic mass is 32.2. The summed E-state index contributed by atoms with van der Waals surface area (Å²) in [6.45, 7) is 0.845. The van der Waals surface area contributed by atoms with Crippen molar-refractivity contribution in [3.8, 4) is 0 Å². The predicted molar refractivity (Wildman–Crippen MR) is 143 cm³/mol. The molecule has 1 heterocycles. The normalized spacial score (nSPS) is 14.3. The molecule has 3 amide bonds. The van der Waals surface area contributed by atoms with E-state index in [1.165, 1.54) is 12.5 Å². The summed E-state index contributed by atoms with van der Waals surface area (Å²) in [5, 5.41) is 17.5. The minimum atomic E-state index is -1.23. The Bertz CT molecular complexity index is 826. The molecule has 13 nitrogen and oxygen atoms in total. The largest absolute Gasteiger partial charge is 0.480 e. The Hall–Kier alpha value is -2.68. The van der Waals surface area contributed by atoms with E-state index in [1.807, 2.05) is 6.26 Å². The summed E-state index contributed by atoms with van der Waals surface area (Å²) >= 11 is 1.56. The van der Waals surface area contributed by atoms with Crippen molar-refractivity contribution >= 4 is 35.5 Å². The minimum absolute atomic E-state index is 0.00373. The fraction of sp³-hybridized carbons (Fsp3) is 0.696. The van der Waals surface area contributed by atoms with Gasteiger partial charge in [-0.05, 0) is 70.0 Å². The summed E-state index contributed by atoms with van der Waals surface area (Å²) in [5.74, 6) is -2.15. The number of unbranched alkanes of at least 4 members (excludes halogenated alkanes) is 2. The Morgan fingerprint density at radius 3 is 1.92 bits per heavy atom. The molecule has 4 unspecified atom stereocenters. The highest BCUT2D eigenvalue weighted by Crippen LogP contribution is 2.08. The lowest BCUT2D eigenvalue weighted by molar-refractivity contribution is -0.142. The van der Waals surface area contributed by atoms with E-state index in [0.29, 0.717) is 63.1 Å². The number of nitrogens with two attached hydrogens (primary N) is 3. The van der Waals surface area contributed by atoms with Crippen LogP contribution in [0.4, 0.5) is 0 Å². The molecule has 14 heteroatoms. The number of amides is 3. The van der Waals surface area contributed by atoms with Crippen LogP contribution in [0, 0.1) is 0 Å². The Morgan fingerprint density at radius 2 is 1.46 bits per heavy atom. The molecule has 1 rings (SSSR count). The summed E-state index contributed by atoms with van der Waals surface area (Å²) in [7, 11) is 0. The molecule has 0 fully saturated rings. The molecular weight excluding hydrogens is 500 g/mol. The van der Waals surface area contributed by atoms with Crippen LogP contribution in [0.1, 0.15) is 50.6 Å². The number of hydrogen-bond donors (Lipinski definition) is 8. The molecule has 210 valence electrons. The molecular formula is C23H42N8O5S. The summed E-state index contributed by atoms with van der Waals surface area (Å²) in [5.41, 5.74) is 17.7. The Morgan fingerprint density at radius 1 is 0.919 bits per heavy atom. The van der Waals surface area contributed by atoms with Gasteiger partial charge in [0.25, 0.3) is 0 Å². The van der Waals surface area contributed by atoms with Crippen LogP contribution < -0.4 is 33.2 Å². The predicted octanol–water partition coefficient (Wildman–Crippen LogP) is -1.17. The van der Waals surface area contributed by atoms with Gasteiger partial charge in [0.1, 0.15) is 18.1 Å². The van der Waals surface area contributed by atoms with Gasteiger partial charge in [-0.1, -0.05) is 0 Å². The molecule has 1 aromatic rings. The topological polar surface area (TPSA) is 231 Å². The van der Waals surface area contributed by atoms with Gasteiger partial charge < -0.3 is 43.2 Å². The van der Waals surface area contributed by atoms with Crippen molar-refractivity contribution in [3.05, 3.63) is 18.2 Å². The number of nitrogens with zero attached hydrogens (tertiary/aromatic N) is 1. The van der Waals surface area contributed by atoms with Gasteiger partial charge in [-0.25, -0.2) is 9.78 Å². The fourth-order valence-corrected chi connectivity index (χ4v) is 4.03. The average molecular weight is 543 g/mol. The molecule has 0 aliphatic carbocycles. The number of imidazole rings is 1. The first-order valence-electron chi connectivity index (χ1n) is 12.5. The summed E-state index contributed by atoms with van der Waals surface area (Å²) in [6, 6.07) is -3.91. The second-order valence-corrected chi connectivity index (χ2v) is 9.75. The molecule has 37 heavy (non-hydrogen) atoms. The first-order chi connectivity index (χ1) is 17.7. The van der Waals surface area contributed by atoms with E-state index in [2.05, 4.69) is 25.9 Å². The van der Waals surface area contributed by atoms with Crippen LogP contribution in [0.3, 0.4) is 0 Å². The first-order valence-corrected chi connectivity index (χ1v) is 13.9. The molecule has 0 spiro atoms. The molecule has 4 atom stereocenters. The lowest BCUT2D eigenvalue weighted by Crippen LogP contribution is -2.57. The second kappa shape index (κ2) is 18.5. The summed E-state index contributed by atoms with van der Waals surface area (Å²) < 4.78 is 0. The van der Waals surface area contributed by atoms with E-state index in [1.54, 1.807) is 11.8 Å². The monoisotopic (exact) mass is 542 g/mol. The van der Waals surface area contributed by atoms with Gasteiger partial charge in [0.05, 0.1) is 12.4 Å². The molecule has 11 N–H and O–H groups in total. The molecule has 0 bridgehead atoms. The lowest BCUT2D eigenvalue weighted by atomic mass is 10.0. The zero-order valence-corrected chi connectivity index (χ0v) is 22.2. The third-order valence-corrected chi connectivity index (χ3v) is 6.37. The van der Waals surface area contributed by atoms with Gasteiger partial charge in [0, 0.05) is 18.3 Å². The Kier molecular flexibility index (Phi) is 16.2. The number of carbonyl (C=O) groups excluding carboxylic acids is 3. The number of carbonyl (C=O) groups is 4. The number of rotatable bonds is 20. The Labute approximate surface area is 221 Å². The van der Waals surface area contributed by atoms with Crippen molar-refractivity contribution < 1.29 is 24.3 Å². The van der Waals surface area contributed by atoms with Crippen LogP contribution in [0.25, 0.3) is 0 Å². The first kappa shape index (κ1) is 32.3. The van der Waals surface area contributed by atoms with E-state index in [0.717, 1.165) is 0 Å². The molecule has 1 aromatic heterocycles. The number of hydrogen-bond acceptors (Lipinski definition) is 9. The van der Waals surface area contributed by atoms with Gasteiger partial charge in [-0.3, -0.25) is 14.4 Å². The molecule has 0 saturated carbocycles. The molecule has 0 aromatic carbocycles. The standard InChI is InChI=1S/C23H42N8O5S/c1-37-11-8-16(26)20(32)29-17(6-2-4-9-24)21(33)30-18(7-3-5-10-25)22(34)31-19(23(35)36)12-15-13-27-14-28-15/h13-14,16-19H,2-12,24-26H2,1H3,(H,27,28)(H,29,32)(H,30,33)(H,31,34)(H,35,36). The maximum absolute atomic E-state index is 13.2. The number of aliphatic carboxylic acids is 1. The van der Waals surface area contributed by atoms with Gasteiger partial charge in [0.2, 0.25) is 17.7 Å². The van der Waals surface area contributed by atoms with E-state index in [9.17, 15) is 24.3 Å². The van der Waals surface area contributed by atoms with Crippen molar-refractivity contribution in [2.75, 3.05) is 25.1 Å². The maximum atomic E-state index is 13.2. The van der Waals surface area contributed by atoms with Crippen molar-refractivity contribution in [1.82, 2.24) is 25.9 Å². The van der Waals surface area contributed by atoms with Crippen molar-refractivity contribution in [2.45, 2.75) is 75.5 Å². The smallest absolute Gasteiger partial charge is 0.326 e. The average Bonchev–Trinajstić information content (AvgIpc) is 3.38. The maximum Gasteiger partial charge on any atom is 0.326 e. The molecule has 0 aliphatic rings. The zero-order chi connectivity index (χ0) is 27.6. The van der Waals surface area contributed by atoms with Crippen molar-refractivity contribution in [2.24, 2.45) is 17.2 Å².